The third kappa shape index (κ3) is 3.54. The fraction of sp³-hybridized carbons (Fsp3) is 0.222. The number of hydrogen-bond donors (Lipinski definition) is 1. The van der Waals surface area contributed by atoms with Crippen molar-refractivity contribution in [2.75, 3.05) is 13.1 Å². The summed E-state index contributed by atoms with van der Waals surface area (Å²) in [5.74, 6) is -1.48. The fourth-order valence-electron chi connectivity index (χ4n) is 2.83. The number of amides is 2. The second kappa shape index (κ2) is 6.78. The highest BCUT2D eigenvalue weighted by atomic mass is 19.4. The van der Waals surface area contributed by atoms with Gasteiger partial charge in [0.1, 0.15) is 11.9 Å². The number of piperazine rings is 1. The third-order valence-corrected chi connectivity index (χ3v) is 4.12. The Morgan fingerprint density at radius 1 is 1.04 bits per heavy atom. The lowest BCUT2D eigenvalue weighted by molar-refractivity contribution is -0.137. The molecule has 0 spiro atoms. The second-order valence-electron chi connectivity index (χ2n) is 5.82. The van der Waals surface area contributed by atoms with Crippen LogP contribution in [0.15, 0.2) is 48.5 Å². The van der Waals surface area contributed by atoms with E-state index in [0.717, 1.165) is 24.3 Å². The Hall–Kier alpha value is -2.90. The van der Waals surface area contributed by atoms with Crippen molar-refractivity contribution in [1.82, 2.24) is 10.2 Å². The largest absolute Gasteiger partial charge is 0.416 e. The Balaban J connectivity index is 1.90. The Morgan fingerprint density at radius 2 is 1.65 bits per heavy atom. The normalized spacial score (nSPS) is 17.8. The molecule has 1 aliphatic rings. The van der Waals surface area contributed by atoms with E-state index in [2.05, 4.69) is 5.32 Å². The van der Waals surface area contributed by atoms with Gasteiger partial charge in [-0.2, -0.15) is 13.2 Å². The number of nitrogens with one attached hydrogen (secondary N) is 1. The first-order valence-corrected chi connectivity index (χ1v) is 7.79. The second-order valence-corrected chi connectivity index (χ2v) is 5.82. The van der Waals surface area contributed by atoms with Crippen molar-refractivity contribution in [3.05, 3.63) is 71.0 Å². The standard InChI is InChI=1S/C18H14F4N2O2/c19-14-7-3-11(4-8-14)15-16(25)23-9-10-24(15)17(26)12-1-5-13(6-2-12)18(20,21)22/h1-8,15H,9-10H2,(H,23,25). The van der Waals surface area contributed by atoms with Crippen molar-refractivity contribution in [1.29, 1.82) is 0 Å². The monoisotopic (exact) mass is 366 g/mol. The van der Waals surface area contributed by atoms with Crippen molar-refractivity contribution in [2.45, 2.75) is 12.2 Å². The van der Waals surface area contributed by atoms with Gasteiger partial charge in [0, 0.05) is 18.7 Å². The van der Waals surface area contributed by atoms with E-state index in [-0.39, 0.29) is 18.7 Å². The molecule has 8 heteroatoms. The molecular weight excluding hydrogens is 352 g/mol. The fourth-order valence-corrected chi connectivity index (χ4v) is 2.83. The minimum atomic E-state index is -4.50. The number of benzene rings is 2. The first kappa shape index (κ1) is 17.9. The van der Waals surface area contributed by atoms with Gasteiger partial charge in [0.05, 0.1) is 5.56 Å². The van der Waals surface area contributed by atoms with Gasteiger partial charge < -0.3 is 10.2 Å². The number of carbonyl (C=O) groups is 2. The highest BCUT2D eigenvalue weighted by molar-refractivity contribution is 5.98. The maximum atomic E-state index is 13.1. The molecule has 1 unspecified atom stereocenters. The zero-order valence-corrected chi connectivity index (χ0v) is 13.4. The summed E-state index contributed by atoms with van der Waals surface area (Å²) < 4.78 is 51.1. The van der Waals surface area contributed by atoms with E-state index in [9.17, 15) is 27.2 Å². The molecule has 0 saturated carbocycles. The van der Waals surface area contributed by atoms with Crippen LogP contribution in [-0.4, -0.2) is 29.8 Å². The number of rotatable bonds is 2. The Kier molecular flexibility index (Phi) is 4.67. The van der Waals surface area contributed by atoms with Crippen LogP contribution in [-0.2, 0) is 11.0 Å². The highest BCUT2D eigenvalue weighted by Gasteiger charge is 2.35. The van der Waals surface area contributed by atoms with E-state index in [1.54, 1.807) is 0 Å². The Bertz CT molecular complexity index is 817. The van der Waals surface area contributed by atoms with Gasteiger partial charge in [0.2, 0.25) is 5.91 Å². The predicted molar refractivity (Wildman–Crippen MR) is 84.6 cm³/mol. The summed E-state index contributed by atoms with van der Waals surface area (Å²) >= 11 is 0. The van der Waals surface area contributed by atoms with Gasteiger partial charge in [0.25, 0.3) is 5.91 Å². The summed E-state index contributed by atoms with van der Waals surface area (Å²) in [7, 11) is 0. The smallest absolute Gasteiger partial charge is 0.352 e. The number of carbonyl (C=O) groups excluding carboxylic acids is 2. The van der Waals surface area contributed by atoms with Crippen LogP contribution in [0.2, 0.25) is 0 Å². The maximum absolute atomic E-state index is 13.1. The van der Waals surface area contributed by atoms with Crippen LogP contribution in [0.1, 0.15) is 27.5 Å². The Morgan fingerprint density at radius 3 is 2.23 bits per heavy atom. The van der Waals surface area contributed by atoms with Gasteiger partial charge in [-0.3, -0.25) is 9.59 Å². The van der Waals surface area contributed by atoms with Gasteiger partial charge in [0.15, 0.2) is 0 Å². The zero-order valence-electron chi connectivity index (χ0n) is 13.4. The predicted octanol–water partition coefficient (Wildman–Crippen LogP) is 3.16. The summed E-state index contributed by atoms with van der Waals surface area (Å²) in [4.78, 5) is 26.3. The minimum Gasteiger partial charge on any atom is -0.352 e. The first-order valence-electron chi connectivity index (χ1n) is 7.79. The molecule has 1 atom stereocenters. The lowest BCUT2D eigenvalue weighted by Gasteiger charge is -2.35. The van der Waals surface area contributed by atoms with Crippen LogP contribution in [0.4, 0.5) is 17.6 Å². The van der Waals surface area contributed by atoms with Crippen molar-refractivity contribution in [3.8, 4) is 0 Å². The molecular formula is C18H14F4N2O2. The topological polar surface area (TPSA) is 49.4 Å². The molecule has 136 valence electrons. The molecule has 0 radical (unpaired) electrons. The summed E-state index contributed by atoms with van der Waals surface area (Å²) in [6.45, 7) is 0.413. The molecule has 3 rings (SSSR count). The van der Waals surface area contributed by atoms with Crippen molar-refractivity contribution in [2.24, 2.45) is 0 Å². The lowest BCUT2D eigenvalue weighted by Crippen LogP contribution is -2.52. The molecule has 2 aromatic carbocycles. The van der Waals surface area contributed by atoms with Crippen molar-refractivity contribution < 1.29 is 27.2 Å². The molecule has 2 aromatic rings. The average Bonchev–Trinajstić information content (AvgIpc) is 2.61. The molecule has 4 nitrogen and oxygen atoms in total. The number of alkyl halides is 3. The minimum absolute atomic E-state index is 0.0415. The summed E-state index contributed by atoms with van der Waals surface area (Å²) in [5.41, 5.74) is -0.399. The molecule has 0 aromatic heterocycles. The van der Waals surface area contributed by atoms with E-state index in [1.165, 1.54) is 29.2 Å². The Labute approximate surface area is 146 Å². The maximum Gasteiger partial charge on any atom is 0.416 e. The molecule has 0 aliphatic carbocycles. The number of hydrogen-bond acceptors (Lipinski definition) is 2. The summed E-state index contributed by atoms with van der Waals surface area (Å²) in [5, 5.41) is 2.64. The first-order chi connectivity index (χ1) is 12.3. The third-order valence-electron chi connectivity index (χ3n) is 4.12. The van der Waals surface area contributed by atoms with E-state index < -0.39 is 35.4 Å². The molecule has 0 bridgehead atoms. The molecule has 1 aliphatic heterocycles. The summed E-state index contributed by atoms with van der Waals surface area (Å²) in [6.07, 6.45) is -4.50. The molecule has 1 N–H and O–H groups in total. The van der Waals surface area contributed by atoms with Crippen LogP contribution >= 0.6 is 0 Å². The van der Waals surface area contributed by atoms with Gasteiger partial charge in [-0.25, -0.2) is 4.39 Å². The lowest BCUT2D eigenvalue weighted by atomic mass is 10.0. The van der Waals surface area contributed by atoms with Crippen LogP contribution in [0.3, 0.4) is 0 Å². The van der Waals surface area contributed by atoms with Gasteiger partial charge >= 0.3 is 6.18 Å². The zero-order chi connectivity index (χ0) is 18.9. The van der Waals surface area contributed by atoms with Crippen LogP contribution in [0.25, 0.3) is 0 Å². The van der Waals surface area contributed by atoms with E-state index >= 15 is 0 Å². The van der Waals surface area contributed by atoms with Gasteiger partial charge in [-0.1, -0.05) is 12.1 Å². The van der Waals surface area contributed by atoms with E-state index in [0.29, 0.717) is 5.56 Å². The highest BCUT2D eigenvalue weighted by Crippen LogP contribution is 2.30. The van der Waals surface area contributed by atoms with Crippen LogP contribution < -0.4 is 5.32 Å². The van der Waals surface area contributed by atoms with Gasteiger partial charge in [-0.15, -0.1) is 0 Å². The number of nitrogens with zero attached hydrogens (tertiary/aromatic N) is 1. The van der Waals surface area contributed by atoms with Crippen LogP contribution in [0.5, 0.6) is 0 Å². The SMILES string of the molecule is O=C1NCCN(C(=O)c2ccc(C(F)(F)F)cc2)C1c1ccc(F)cc1. The molecule has 2 amide bonds. The van der Waals surface area contributed by atoms with Gasteiger partial charge in [-0.05, 0) is 42.0 Å². The number of halogens is 4. The summed E-state index contributed by atoms with van der Waals surface area (Å²) in [6, 6.07) is 8.00. The quantitative estimate of drug-likeness (QED) is 0.830. The van der Waals surface area contributed by atoms with E-state index in [1.807, 2.05) is 0 Å². The average molecular weight is 366 g/mol. The van der Waals surface area contributed by atoms with E-state index in [4.69, 9.17) is 0 Å². The van der Waals surface area contributed by atoms with Crippen molar-refractivity contribution >= 4 is 11.8 Å². The molecule has 1 heterocycles. The molecule has 1 saturated heterocycles. The molecule has 26 heavy (non-hydrogen) atoms. The molecule has 1 fully saturated rings. The van der Waals surface area contributed by atoms with Crippen molar-refractivity contribution in [3.63, 3.8) is 0 Å². The van der Waals surface area contributed by atoms with Crippen LogP contribution in [0, 0.1) is 5.82 Å².